The van der Waals surface area contributed by atoms with E-state index in [0.717, 1.165) is 12.0 Å². The summed E-state index contributed by atoms with van der Waals surface area (Å²) in [6.45, 7) is 7.13. The molecule has 0 amide bonds. The molecule has 0 bridgehead atoms. The fourth-order valence-corrected chi connectivity index (χ4v) is 3.94. The van der Waals surface area contributed by atoms with Crippen LogP contribution in [0.15, 0.2) is 6.20 Å². The van der Waals surface area contributed by atoms with E-state index < -0.39 is 10.2 Å². The second-order valence-corrected chi connectivity index (χ2v) is 6.97. The van der Waals surface area contributed by atoms with E-state index >= 15 is 0 Å². The first-order valence-corrected chi connectivity index (χ1v) is 7.60. The molecular formula is C11H20N4O2S. The highest BCUT2D eigenvalue weighted by Gasteiger charge is 2.30. The Bertz CT molecular complexity index is 501. The molecule has 0 aliphatic carbocycles. The van der Waals surface area contributed by atoms with Gasteiger partial charge in [0, 0.05) is 18.7 Å². The minimum atomic E-state index is -3.48. The molecular weight excluding hydrogens is 252 g/mol. The third-order valence-electron chi connectivity index (χ3n) is 3.24. The summed E-state index contributed by atoms with van der Waals surface area (Å²) >= 11 is 0. The number of H-pyrrole nitrogens is 1. The van der Waals surface area contributed by atoms with Gasteiger partial charge in [-0.1, -0.05) is 13.8 Å². The van der Waals surface area contributed by atoms with Gasteiger partial charge in [0.25, 0.3) is 0 Å². The molecule has 1 aromatic rings. The summed E-state index contributed by atoms with van der Waals surface area (Å²) in [6, 6.07) is 0. The van der Waals surface area contributed by atoms with Crippen molar-refractivity contribution in [1.82, 2.24) is 14.5 Å². The number of aromatic nitrogens is 2. The van der Waals surface area contributed by atoms with E-state index in [-0.39, 0.29) is 0 Å². The number of aryl methyl sites for hydroxylation is 1. The van der Waals surface area contributed by atoms with Gasteiger partial charge in [-0.2, -0.15) is 17.8 Å². The second-order valence-electron chi connectivity index (χ2n) is 5.30. The van der Waals surface area contributed by atoms with E-state index in [4.69, 9.17) is 0 Å². The first-order valence-electron chi connectivity index (χ1n) is 6.16. The molecule has 1 saturated heterocycles. The summed E-state index contributed by atoms with van der Waals surface area (Å²) in [6.07, 6.45) is 2.68. The number of hydrogen-bond donors (Lipinski definition) is 2. The van der Waals surface area contributed by atoms with Crippen LogP contribution in [0.2, 0.25) is 0 Å². The molecule has 1 fully saturated rings. The second kappa shape index (κ2) is 4.89. The van der Waals surface area contributed by atoms with Gasteiger partial charge in [0.05, 0.1) is 6.20 Å². The lowest BCUT2D eigenvalue weighted by atomic mass is 9.94. The van der Waals surface area contributed by atoms with Gasteiger partial charge in [-0.05, 0) is 25.2 Å². The van der Waals surface area contributed by atoms with E-state index in [9.17, 15) is 8.42 Å². The quantitative estimate of drug-likeness (QED) is 0.872. The van der Waals surface area contributed by atoms with E-state index in [1.807, 2.05) is 6.92 Å². The lowest BCUT2D eigenvalue weighted by Crippen LogP contribution is -2.45. The van der Waals surface area contributed by atoms with Crippen LogP contribution >= 0.6 is 0 Å². The van der Waals surface area contributed by atoms with Crippen LogP contribution in [0.4, 0.5) is 5.82 Å². The predicted octanol–water partition coefficient (Wildman–Crippen LogP) is 1.35. The van der Waals surface area contributed by atoms with Crippen LogP contribution in [0.1, 0.15) is 25.8 Å². The molecule has 18 heavy (non-hydrogen) atoms. The Balaban J connectivity index is 2.13. The van der Waals surface area contributed by atoms with Crippen LogP contribution in [-0.4, -0.2) is 36.0 Å². The van der Waals surface area contributed by atoms with Crippen molar-refractivity contribution in [3.8, 4) is 0 Å². The third-order valence-corrected chi connectivity index (χ3v) is 4.68. The van der Waals surface area contributed by atoms with Crippen LogP contribution in [0.5, 0.6) is 0 Å². The molecule has 1 aliphatic heterocycles. The van der Waals surface area contributed by atoms with E-state index in [2.05, 4.69) is 28.8 Å². The van der Waals surface area contributed by atoms with Gasteiger partial charge >= 0.3 is 10.2 Å². The molecule has 2 N–H and O–H groups in total. The number of nitrogens with one attached hydrogen (secondary N) is 2. The number of piperidine rings is 1. The number of hydrogen-bond acceptors (Lipinski definition) is 3. The van der Waals surface area contributed by atoms with Crippen molar-refractivity contribution >= 4 is 16.0 Å². The largest absolute Gasteiger partial charge is 0.302 e. The van der Waals surface area contributed by atoms with Crippen molar-refractivity contribution < 1.29 is 8.42 Å². The van der Waals surface area contributed by atoms with Crippen molar-refractivity contribution in [2.24, 2.45) is 11.8 Å². The molecule has 2 unspecified atom stereocenters. The maximum absolute atomic E-state index is 12.3. The average Bonchev–Trinajstić information content (AvgIpc) is 2.62. The Labute approximate surface area is 108 Å². The normalized spacial score (nSPS) is 26.2. The van der Waals surface area contributed by atoms with Gasteiger partial charge in [0.1, 0.15) is 5.82 Å². The zero-order valence-corrected chi connectivity index (χ0v) is 11.8. The van der Waals surface area contributed by atoms with E-state index in [1.165, 1.54) is 4.31 Å². The molecule has 6 nitrogen and oxygen atoms in total. The summed E-state index contributed by atoms with van der Waals surface area (Å²) in [5, 5.41) is 6.47. The summed E-state index contributed by atoms with van der Waals surface area (Å²) in [4.78, 5) is 0. The van der Waals surface area contributed by atoms with Gasteiger partial charge in [0.2, 0.25) is 0 Å². The van der Waals surface area contributed by atoms with Crippen LogP contribution in [-0.2, 0) is 10.2 Å². The van der Waals surface area contributed by atoms with Gasteiger partial charge in [-0.15, -0.1) is 0 Å². The minimum absolute atomic E-state index is 0.396. The summed E-state index contributed by atoms with van der Waals surface area (Å²) in [7, 11) is -3.48. The Hall–Kier alpha value is -1.08. The lowest BCUT2D eigenvalue weighted by molar-refractivity contribution is 0.223. The fourth-order valence-electron chi connectivity index (χ4n) is 2.45. The molecule has 0 radical (unpaired) electrons. The van der Waals surface area contributed by atoms with Gasteiger partial charge < -0.3 is 0 Å². The van der Waals surface area contributed by atoms with Crippen LogP contribution in [0.3, 0.4) is 0 Å². The molecule has 1 aliphatic rings. The van der Waals surface area contributed by atoms with Crippen molar-refractivity contribution in [3.63, 3.8) is 0 Å². The van der Waals surface area contributed by atoms with E-state index in [1.54, 1.807) is 6.20 Å². The van der Waals surface area contributed by atoms with Crippen molar-refractivity contribution in [2.75, 3.05) is 17.8 Å². The standard InChI is InChI=1S/C11H20N4O2S/c1-8-4-9(2)7-15(6-8)18(16,17)14-11-10(3)5-12-13-11/h5,8-9H,4,6-7H2,1-3H3,(H2,12,13,14). The number of rotatable bonds is 3. The molecule has 0 spiro atoms. The van der Waals surface area contributed by atoms with Crippen LogP contribution in [0.25, 0.3) is 0 Å². The molecule has 2 heterocycles. The minimum Gasteiger partial charge on any atom is -0.262 e. The zero-order valence-electron chi connectivity index (χ0n) is 11.0. The Morgan fingerprint density at radius 1 is 1.39 bits per heavy atom. The maximum atomic E-state index is 12.3. The molecule has 2 rings (SSSR count). The third kappa shape index (κ3) is 2.84. The van der Waals surface area contributed by atoms with Crippen LogP contribution in [0, 0.1) is 18.8 Å². The Morgan fingerprint density at radius 2 is 2.00 bits per heavy atom. The summed E-state index contributed by atoms with van der Waals surface area (Å²) in [5.74, 6) is 1.24. The van der Waals surface area contributed by atoms with Gasteiger partial charge in [-0.25, -0.2) is 0 Å². The first kappa shape index (κ1) is 13.4. The highest BCUT2D eigenvalue weighted by molar-refractivity contribution is 7.90. The molecule has 7 heteroatoms. The maximum Gasteiger partial charge on any atom is 0.302 e. The van der Waals surface area contributed by atoms with Crippen molar-refractivity contribution in [2.45, 2.75) is 27.2 Å². The monoisotopic (exact) mass is 272 g/mol. The lowest BCUT2D eigenvalue weighted by Gasteiger charge is -2.33. The number of anilines is 1. The zero-order chi connectivity index (χ0) is 13.3. The average molecular weight is 272 g/mol. The molecule has 0 aromatic carbocycles. The molecule has 0 saturated carbocycles. The summed E-state index contributed by atoms with van der Waals surface area (Å²) < 4.78 is 28.6. The smallest absolute Gasteiger partial charge is 0.262 e. The van der Waals surface area contributed by atoms with Crippen molar-refractivity contribution in [3.05, 3.63) is 11.8 Å². The van der Waals surface area contributed by atoms with Gasteiger partial charge in [-0.3, -0.25) is 9.82 Å². The van der Waals surface area contributed by atoms with Crippen molar-refractivity contribution in [1.29, 1.82) is 0 Å². The SMILES string of the molecule is Cc1cn[nH]c1NS(=O)(=O)N1CC(C)CC(C)C1. The molecule has 1 aromatic heterocycles. The van der Waals surface area contributed by atoms with Crippen LogP contribution < -0.4 is 4.72 Å². The highest BCUT2D eigenvalue weighted by Crippen LogP contribution is 2.24. The number of nitrogens with zero attached hydrogens (tertiary/aromatic N) is 2. The topological polar surface area (TPSA) is 78.1 Å². The Kier molecular flexibility index (Phi) is 3.63. The highest BCUT2D eigenvalue weighted by atomic mass is 32.2. The number of aromatic amines is 1. The Morgan fingerprint density at radius 3 is 2.50 bits per heavy atom. The molecule has 2 atom stereocenters. The van der Waals surface area contributed by atoms with Gasteiger partial charge in [0.15, 0.2) is 0 Å². The fraction of sp³-hybridized carbons (Fsp3) is 0.727. The van der Waals surface area contributed by atoms with E-state index in [0.29, 0.717) is 30.7 Å². The summed E-state index contributed by atoms with van der Waals surface area (Å²) in [5.41, 5.74) is 0.789. The molecule has 102 valence electrons. The predicted molar refractivity (Wildman–Crippen MR) is 70.4 cm³/mol. The first-order chi connectivity index (χ1) is 8.38.